The number of rotatable bonds is 2. The predicted molar refractivity (Wildman–Crippen MR) is 93.4 cm³/mol. The van der Waals surface area contributed by atoms with E-state index in [-0.39, 0.29) is 5.54 Å². The second-order valence-corrected chi connectivity index (χ2v) is 8.28. The average molecular weight is 315 g/mol. The maximum Gasteiger partial charge on any atom is 0.125 e. The van der Waals surface area contributed by atoms with Gasteiger partial charge in [-0.1, -0.05) is 30.3 Å². The van der Waals surface area contributed by atoms with E-state index >= 15 is 0 Å². The molecule has 118 valence electrons. The van der Waals surface area contributed by atoms with Crippen LogP contribution >= 0.6 is 11.3 Å². The van der Waals surface area contributed by atoms with E-state index in [1.165, 1.54) is 5.56 Å². The van der Waals surface area contributed by atoms with E-state index in [4.69, 9.17) is 0 Å². The number of aryl methyl sites for hydroxylation is 1. The zero-order valence-corrected chi connectivity index (χ0v) is 14.4. The molecular weight excluding hydrogens is 290 g/mol. The molecule has 2 unspecified atom stereocenters. The first-order valence-corrected chi connectivity index (χ1v) is 8.89. The second-order valence-electron chi connectivity index (χ2n) is 7.33. The first-order chi connectivity index (χ1) is 10.4. The lowest BCUT2D eigenvalue weighted by atomic mass is 9.85. The summed E-state index contributed by atoms with van der Waals surface area (Å²) in [6, 6.07) is 12.8. The highest BCUT2D eigenvalue weighted by atomic mass is 32.1. The Labute approximate surface area is 137 Å². The predicted octanol–water partition coefficient (Wildman–Crippen LogP) is 4.08. The van der Waals surface area contributed by atoms with Gasteiger partial charge < -0.3 is 10.4 Å². The lowest BCUT2D eigenvalue weighted by Gasteiger charge is -2.34. The van der Waals surface area contributed by atoms with Crippen molar-refractivity contribution in [2.45, 2.75) is 57.2 Å². The van der Waals surface area contributed by atoms with Gasteiger partial charge in [-0.2, -0.15) is 0 Å². The van der Waals surface area contributed by atoms with Crippen molar-refractivity contribution >= 4 is 11.3 Å². The summed E-state index contributed by atoms with van der Waals surface area (Å²) in [5.74, 6) is 0. The Morgan fingerprint density at radius 1 is 1.18 bits per heavy atom. The molecule has 1 aliphatic rings. The Kier molecular flexibility index (Phi) is 4.15. The van der Waals surface area contributed by atoms with Gasteiger partial charge in [-0.05, 0) is 56.2 Å². The third kappa shape index (κ3) is 3.12. The average Bonchev–Trinajstić information content (AvgIpc) is 2.94. The summed E-state index contributed by atoms with van der Waals surface area (Å²) in [6.07, 6.45) is 2.79. The summed E-state index contributed by atoms with van der Waals surface area (Å²) in [5.41, 5.74) is 1.52. The quantitative estimate of drug-likeness (QED) is 0.819. The Bertz CT molecular complexity index is 629. The van der Waals surface area contributed by atoms with Crippen molar-refractivity contribution in [3.05, 3.63) is 57.8 Å². The number of nitrogens with one attached hydrogen (secondary N) is 1. The van der Waals surface area contributed by atoms with E-state index in [0.29, 0.717) is 6.04 Å². The van der Waals surface area contributed by atoms with Gasteiger partial charge in [-0.25, -0.2) is 0 Å². The Morgan fingerprint density at radius 3 is 2.64 bits per heavy atom. The fourth-order valence-electron chi connectivity index (χ4n) is 3.52. The van der Waals surface area contributed by atoms with Gasteiger partial charge in [0.1, 0.15) is 5.60 Å². The molecule has 0 amide bonds. The van der Waals surface area contributed by atoms with Gasteiger partial charge >= 0.3 is 0 Å². The molecule has 0 spiro atoms. The van der Waals surface area contributed by atoms with Crippen molar-refractivity contribution < 1.29 is 5.11 Å². The minimum absolute atomic E-state index is 0.0531. The smallest absolute Gasteiger partial charge is 0.125 e. The highest BCUT2D eigenvalue weighted by Gasteiger charge is 2.39. The van der Waals surface area contributed by atoms with Crippen LogP contribution in [0.1, 0.15) is 49.6 Å². The highest BCUT2D eigenvalue weighted by Crippen LogP contribution is 2.41. The fraction of sp³-hybridized carbons (Fsp3) is 0.474. The van der Waals surface area contributed by atoms with Crippen LogP contribution < -0.4 is 5.32 Å². The molecule has 0 bridgehead atoms. The number of aliphatic hydroxyl groups is 1. The van der Waals surface area contributed by atoms with Crippen LogP contribution in [-0.2, 0) is 12.0 Å². The molecule has 3 heteroatoms. The lowest BCUT2D eigenvalue weighted by Crippen LogP contribution is -2.46. The molecule has 0 aliphatic heterocycles. The van der Waals surface area contributed by atoms with E-state index in [1.807, 2.05) is 17.5 Å². The third-order valence-electron chi connectivity index (χ3n) is 4.33. The van der Waals surface area contributed by atoms with Crippen molar-refractivity contribution in [1.29, 1.82) is 0 Å². The Hall–Kier alpha value is -1.16. The van der Waals surface area contributed by atoms with E-state index in [1.54, 1.807) is 11.3 Å². The summed E-state index contributed by atoms with van der Waals surface area (Å²) in [6.45, 7) is 6.57. The Morgan fingerprint density at radius 2 is 1.95 bits per heavy atom. The SMILES string of the molecule is CC(C)(C)NC1CCc2ccccc2C(O)(c2cccs2)C1. The molecule has 1 aromatic carbocycles. The summed E-state index contributed by atoms with van der Waals surface area (Å²) in [5, 5.41) is 17.3. The van der Waals surface area contributed by atoms with Gasteiger partial charge in [-0.3, -0.25) is 0 Å². The van der Waals surface area contributed by atoms with Crippen LogP contribution in [0, 0.1) is 0 Å². The Balaban J connectivity index is 2.03. The molecule has 1 heterocycles. The first kappa shape index (κ1) is 15.7. The number of hydrogen-bond acceptors (Lipinski definition) is 3. The van der Waals surface area contributed by atoms with E-state index in [9.17, 15) is 5.11 Å². The standard InChI is InChI=1S/C19H25NOS/c1-18(2,3)20-15-11-10-14-7-4-5-8-16(14)19(21,13-15)17-9-6-12-22-17/h4-9,12,15,20-21H,10-11,13H2,1-3H3. The lowest BCUT2D eigenvalue weighted by molar-refractivity contribution is 0.0610. The molecule has 2 nitrogen and oxygen atoms in total. The van der Waals surface area contributed by atoms with Gasteiger partial charge in [0.15, 0.2) is 0 Å². The molecule has 1 aromatic heterocycles. The van der Waals surface area contributed by atoms with Crippen molar-refractivity contribution in [3.8, 4) is 0 Å². The first-order valence-electron chi connectivity index (χ1n) is 8.01. The maximum atomic E-state index is 11.6. The van der Waals surface area contributed by atoms with Gasteiger partial charge in [0.25, 0.3) is 0 Å². The topological polar surface area (TPSA) is 32.3 Å². The summed E-state index contributed by atoms with van der Waals surface area (Å²) in [4.78, 5) is 1.04. The number of hydrogen-bond donors (Lipinski definition) is 2. The van der Waals surface area contributed by atoms with Crippen molar-refractivity contribution in [3.63, 3.8) is 0 Å². The van der Waals surface area contributed by atoms with Crippen molar-refractivity contribution in [1.82, 2.24) is 5.32 Å². The van der Waals surface area contributed by atoms with Gasteiger partial charge in [0.2, 0.25) is 0 Å². The maximum absolute atomic E-state index is 11.6. The number of fused-ring (bicyclic) bond motifs is 1. The normalized spacial score (nSPS) is 25.5. The summed E-state index contributed by atoms with van der Waals surface area (Å²) < 4.78 is 0. The van der Waals surface area contributed by atoms with Gasteiger partial charge in [0.05, 0.1) is 0 Å². The zero-order chi connectivity index (χ0) is 15.8. The molecule has 22 heavy (non-hydrogen) atoms. The van der Waals surface area contributed by atoms with Crippen LogP contribution in [0.4, 0.5) is 0 Å². The minimum atomic E-state index is -0.885. The highest BCUT2D eigenvalue weighted by molar-refractivity contribution is 7.10. The largest absolute Gasteiger partial charge is 0.379 e. The molecular formula is C19H25NOS. The zero-order valence-electron chi connectivity index (χ0n) is 13.6. The monoisotopic (exact) mass is 315 g/mol. The molecule has 0 saturated heterocycles. The van der Waals surface area contributed by atoms with Crippen LogP contribution in [0.15, 0.2) is 41.8 Å². The molecule has 2 aromatic rings. The van der Waals surface area contributed by atoms with Crippen LogP contribution in [0.5, 0.6) is 0 Å². The molecule has 1 aliphatic carbocycles. The molecule has 2 N–H and O–H groups in total. The second kappa shape index (κ2) is 5.80. The van der Waals surface area contributed by atoms with Crippen LogP contribution in [-0.4, -0.2) is 16.7 Å². The molecule has 2 atom stereocenters. The summed E-state index contributed by atoms with van der Waals surface area (Å²) in [7, 11) is 0. The van der Waals surface area contributed by atoms with Gasteiger partial charge in [0, 0.05) is 22.9 Å². The molecule has 0 fully saturated rings. The van der Waals surface area contributed by atoms with Crippen molar-refractivity contribution in [2.75, 3.05) is 0 Å². The third-order valence-corrected chi connectivity index (χ3v) is 5.35. The molecule has 0 radical (unpaired) electrons. The van der Waals surface area contributed by atoms with E-state index in [2.05, 4.69) is 50.4 Å². The van der Waals surface area contributed by atoms with Crippen molar-refractivity contribution in [2.24, 2.45) is 0 Å². The molecule has 3 rings (SSSR count). The minimum Gasteiger partial charge on any atom is -0.379 e. The van der Waals surface area contributed by atoms with E-state index < -0.39 is 5.60 Å². The van der Waals surface area contributed by atoms with Crippen LogP contribution in [0.2, 0.25) is 0 Å². The van der Waals surface area contributed by atoms with E-state index in [0.717, 1.165) is 29.7 Å². The number of thiophene rings is 1. The van der Waals surface area contributed by atoms with Gasteiger partial charge in [-0.15, -0.1) is 11.3 Å². The van der Waals surface area contributed by atoms with Crippen LogP contribution in [0.25, 0.3) is 0 Å². The fourth-order valence-corrected chi connectivity index (χ4v) is 4.37. The number of benzene rings is 1. The molecule has 0 saturated carbocycles. The van der Waals surface area contributed by atoms with Crippen LogP contribution in [0.3, 0.4) is 0 Å². The summed E-state index contributed by atoms with van der Waals surface area (Å²) >= 11 is 1.64.